The van der Waals surface area contributed by atoms with E-state index in [1.165, 1.54) is 12.1 Å². The van der Waals surface area contributed by atoms with Crippen LogP contribution in [0.4, 0.5) is 8.78 Å². The van der Waals surface area contributed by atoms with Crippen LogP contribution in [0.2, 0.25) is 0 Å². The Morgan fingerprint density at radius 2 is 1.59 bits per heavy atom. The summed E-state index contributed by atoms with van der Waals surface area (Å²) in [6.07, 6.45) is 1.82. The molecule has 3 aromatic rings. The molecule has 1 heterocycles. The van der Waals surface area contributed by atoms with Crippen LogP contribution in [0.3, 0.4) is 0 Å². The third kappa shape index (κ3) is 4.60. The Bertz CT molecular complexity index is 878. The molecule has 0 saturated heterocycles. The van der Waals surface area contributed by atoms with Crippen LogP contribution in [0.5, 0.6) is 11.5 Å². The molecule has 3 rings (SSSR count). The lowest BCUT2D eigenvalue weighted by Gasteiger charge is -2.14. The van der Waals surface area contributed by atoms with Gasteiger partial charge in [-0.05, 0) is 48.5 Å². The second-order valence-electron chi connectivity index (χ2n) is 6.03. The molecule has 0 fully saturated rings. The highest BCUT2D eigenvalue weighted by Gasteiger charge is 2.16. The molecule has 0 bridgehead atoms. The maximum Gasteiger partial charge on any atom is 0.387 e. The van der Waals surface area contributed by atoms with Crippen molar-refractivity contribution < 1.29 is 18.3 Å². The van der Waals surface area contributed by atoms with E-state index in [1.54, 1.807) is 31.0 Å². The summed E-state index contributed by atoms with van der Waals surface area (Å²) in [6.45, 7) is 1.35. The van der Waals surface area contributed by atoms with Crippen molar-refractivity contribution in [1.82, 2.24) is 9.55 Å². The monoisotopic (exact) mass is 390 g/mol. The van der Waals surface area contributed by atoms with Crippen molar-refractivity contribution in [2.75, 3.05) is 7.11 Å². The first-order chi connectivity index (χ1) is 13.0. The lowest BCUT2D eigenvalue weighted by Crippen LogP contribution is -2.03. The lowest BCUT2D eigenvalue weighted by molar-refractivity contribution is -0.0498. The molecule has 2 aromatic carbocycles. The molecule has 0 aliphatic heterocycles. The number of methoxy groups -OCH3 is 1. The highest BCUT2D eigenvalue weighted by atomic mass is 32.2. The first-order valence-corrected chi connectivity index (χ1v) is 9.30. The van der Waals surface area contributed by atoms with Gasteiger partial charge in [0.25, 0.3) is 0 Å². The van der Waals surface area contributed by atoms with Gasteiger partial charge in [-0.2, -0.15) is 8.78 Å². The Morgan fingerprint density at radius 1 is 0.963 bits per heavy atom. The fourth-order valence-corrected chi connectivity index (χ4v) is 3.46. The maximum absolute atomic E-state index is 12.4. The summed E-state index contributed by atoms with van der Waals surface area (Å²) in [7, 11) is 1.62. The normalized spacial score (nSPS) is 11.2. The van der Waals surface area contributed by atoms with E-state index >= 15 is 0 Å². The molecule has 0 aliphatic carbocycles. The Balaban J connectivity index is 2.03. The van der Waals surface area contributed by atoms with Gasteiger partial charge in [-0.1, -0.05) is 25.6 Å². The van der Waals surface area contributed by atoms with Crippen LogP contribution < -0.4 is 9.47 Å². The van der Waals surface area contributed by atoms with Gasteiger partial charge in [0.15, 0.2) is 5.16 Å². The maximum atomic E-state index is 12.4. The minimum atomic E-state index is -2.84. The van der Waals surface area contributed by atoms with Crippen LogP contribution >= 0.6 is 11.8 Å². The lowest BCUT2D eigenvalue weighted by atomic mass is 10.1. The third-order valence-electron chi connectivity index (χ3n) is 3.78. The van der Waals surface area contributed by atoms with Gasteiger partial charge in [-0.15, -0.1) is 0 Å². The molecule has 0 amide bonds. The first kappa shape index (κ1) is 19.2. The van der Waals surface area contributed by atoms with E-state index in [1.807, 2.05) is 35.0 Å². The zero-order valence-electron chi connectivity index (χ0n) is 15.2. The zero-order valence-corrected chi connectivity index (χ0v) is 16.0. The molecule has 1 aromatic heterocycles. The van der Waals surface area contributed by atoms with Gasteiger partial charge in [0.2, 0.25) is 0 Å². The van der Waals surface area contributed by atoms with Gasteiger partial charge in [0.05, 0.1) is 19.0 Å². The predicted molar refractivity (Wildman–Crippen MR) is 103 cm³/mol. The number of alkyl halides is 2. The average Bonchev–Trinajstić information content (AvgIpc) is 3.05. The fourth-order valence-electron chi connectivity index (χ4n) is 2.62. The van der Waals surface area contributed by atoms with Crippen molar-refractivity contribution in [3.8, 4) is 28.4 Å². The molecule has 142 valence electrons. The topological polar surface area (TPSA) is 36.3 Å². The standard InChI is InChI=1S/C20H20F2N2O2S/c1-13(2)27-20-23-12-18(14-4-8-16(25-3)9-5-14)24(20)15-6-10-17(11-7-15)26-19(21)22/h4-13,19H,1-3H3. The number of hydrogen-bond acceptors (Lipinski definition) is 4. The van der Waals surface area contributed by atoms with Crippen molar-refractivity contribution in [2.45, 2.75) is 30.9 Å². The number of ether oxygens (including phenoxy) is 2. The number of benzene rings is 2. The van der Waals surface area contributed by atoms with Crippen LogP contribution in [0.1, 0.15) is 13.8 Å². The summed E-state index contributed by atoms with van der Waals surface area (Å²) in [6, 6.07) is 14.3. The van der Waals surface area contributed by atoms with Crippen LogP contribution in [-0.4, -0.2) is 28.5 Å². The van der Waals surface area contributed by atoms with Gasteiger partial charge in [0.1, 0.15) is 11.5 Å². The van der Waals surface area contributed by atoms with Crippen LogP contribution in [0.15, 0.2) is 59.9 Å². The molecule has 27 heavy (non-hydrogen) atoms. The molecule has 0 spiro atoms. The SMILES string of the molecule is COc1ccc(-c2cnc(SC(C)C)n2-c2ccc(OC(F)F)cc2)cc1. The summed E-state index contributed by atoms with van der Waals surface area (Å²) >= 11 is 1.63. The number of halogens is 2. The number of nitrogens with zero attached hydrogens (tertiary/aromatic N) is 2. The summed E-state index contributed by atoms with van der Waals surface area (Å²) < 4.78 is 36.5. The molecule has 4 nitrogen and oxygen atoms in total. The van der Waals surface area contributed by atoms with Crippen LogP contribution in [0.25, 0.3) is 16.9 Å². The summed E-state index contributed by atoms with van der Waals surface area (Å²) in [5.74, 6) is 0.896. The van der Waals surface area contributed by atoms with E-state index < -0.39 is 6.61 Å². The smallest absolute Gasteiger partial charge is 0.387 e. The second-order valence-corrected chi connectivity index (χ2v) is 7.57. The Hall–Kier alpha value is -2.54. The highest BCUT2D eigenvalue weighted by molar-refractivity contribution is 7.99. The van der Waals surface area contributed by atoms with Gasteiger partial charge >= 0.3 is 6.61 Å². The number of rotatable bonds is 7. The quantitative estimate of drug-likeness (QED) is 0.489. The molecule has 0 radical (unpaired) electrons. The minimum Gasteiger partial charge on any atom is -0.497 e. The first-order valence-electron chi connectivity index (χ1n) is 8.42. The largest absolute Gasteiger partial charge is 0.497 e. The van der Waals surface area contributed by atoms with E-state index in [0.717, 1.165) is 27.9 Å². The molecular weight excluding hydrogens is 370 g/mol. The van der Waals surface area contributed by atoms with Gasteiger partial charge in [-0.25, -0.2) is 4.98 Å². The molecule has 7 heteroatoms. The summed E-state index contributed by atoms with van der Waals surface area (Å²) in [5.41, 5.74) is 2.71. The molecular formula is C20H20F2N2O2S. The molecule has 0 aliphatic rings. The Labute approximate surface area is 161 Å². The summed E-state index contributed by atoms with van der Waals surface area (Å²) in [4.78, 5) is 4.57. The second kappa shape index (κ2) is 8.43. The fraction of sp³-hybridized carbons (Fsp3) is 0.250. The predicted octanol–water partition coefficient (Wildman–Crippen LogP) is 5.65. The molecule has 0 atom stereocenters. The van der Waals surface area contributed by atoms with E-state index in [2.05, 4.69) is 23.6 Å². The van der Waals surface area contributed by atoms with Crippen molar-refractivity contribution in [3.63, 3.8) is 0 Å². The van der Waals surface area contributed by atoms with Crippen LogP contribution in [0, 0.1) is 0 Å². The molecule has 0 N–H and O–H groups in total. The van der Waals surface area contributed by atoms with Gasteiger partial charge in [0, 0.05) is 16.5 Å². The van der Waals surface area contributed by atoms with E-state index in [9.17, 15) is 8.78 Å². The minimum absolute atomic E-state index is 0.123. The number of imidazole rings is 1. The molecule has 0 unspecified atom stereocenters. The van der Waals surface area contributed by atoms with Crippen molar-refractivity contribution >= 4 is 11.8 Å². The van der Waals surface area contributed by atoms with Crippen molar-refractivity contribution in [1.29, 1.82) is 0 Å². The zero-order chi connectivity index (χ0) is 19.4. The third-order valence-corrected chi connectivity index (χ3v) is 4.75. The Kier molecular flexibility index (Phi) is 6.01. The van der Waals surface area contributed by atoms with Gasteiger partial charge in [-0.3, -0.25) is 4.57 Å². The number of aromatic nitrogens is 2. The number of thioether (sulfide) groups is 1. The average molecular weight is 390 g/mol. The van der Waals surface area contributed by atoms with Gasteiger partial charge < -0.3 is 9.47 Å². The number of hydrogen-bond donors (Lipinski definition) is 0. The van der Waals surface area contributed by atoms with Crippen molar-refractivity contribution in [2.24, 2.45) is 0 Å². The van der Waals surface area contributed by atoms with E-state index in [-0.39, 0.29) is 5.75 Å². The van der Waals surface area contributed by atoms with E-state index in [0.29, 0.717) is 5.25 Å². The van der Waals surface area contributed by atoms with E-state index in [4.69, 9.17) is 4.74 Å². The highest BCUT2D eigenvalue weighted by Crippen LogP contribution is 2.33. The van der Waals surface area contributed by atoms with Crippen molar-refractivity contribution in [3.05, 3.63) is 54.7 Å². The molecule has 0 saturated carbocycles. The Morgan fingerprint density at radius 3 is 2.15 bits per heavy atom. The summed E-state index contributed by atoms with van der Waals surface area (Å²) in [5, 5.41) is 1.18. The van der Waals surface area contributed by atoms with Crippen LogP contribution in [-0.2, 0) is 0 Å².